The molecule has 0 heterocycles. The van der Waals surface area contributed by atoms with Crippen molar-refractivity contribution in [3.63, 3.8) is 0 Å². The molecule has 0 aliphatic carbocycles. The molecule has 0 fully saturated rings. The van der Waals surface area contributed by atoms with E-state index in [0.29, 0.717) is 11.8 Å². The first-order valence-corrected chi connectivity index (χ1v) is 8.51. The number of hydrogen-bond donors (Lipinski definition) is 1. The molecule has 3 heteroatoms. The second kappa shape index (κ2) is 11.5. The molecule has 0 bridgehead atoms. The van der Waals surface area contributed by atoms with Gasteiger partial charge in [-0.05, 0) is 37.8 Å². The van der Waals surface area contributed by atoms with Crippen LogP contribution >= 0.6 is 0 Å². The average molecular weight is 287 g/mol. The Bertz CT molecular complexity index is 203. The van der Waals surface area contributed by atoms with Gasteiger partial charge in [-0.1, -0.05) is 41.5 Å². The van der Waals surface area contributed by atoms with Crippen LogP contribution in [0.3, 0.4) is 0 Å². The van der Waals surface area contributed by atoms with Gasteiger partial charge in [0.1, 0.15) is 0 Å². The van der Waals surface area contributed by atoms with Crippen molar-refractivity contribution in [3.05, 3.63) is 0 Å². The van der Waals surface area contributed by atoms with Gasteiger partial charge in [0.2, 0.25) is 0 Å². The molecule has 0 aromatic heterocycles. The molecule has 0 aromatic rings. The Hall–Kier alpha value is -0.120. The van der Waals surface area contributed by atoms with E-state index >= 15 is 0 Å². The predicted octanol–water partition coefficient (Wildman–Crippen LogP) is 3.08. The highest BCUT2D eigenvalue weighted by Gasteiger charge is 2.16. The van der Waals surface area contributed by atoms with Crippen LogP contribution in [0.2, 0.25) is 0 Å². The summed E-state index contributed by atoms with van der Waals surface area (Å²) in [6.45, 7) is 19.4. The first-order valence-electron chi connectivity index (χ1n) is 8.51. The van der Waals surface area contributed by atoms with Crippen LogP contribution in [0.1, 0.15) is 54.4 Å². The fraction of sp³-hybridized carbons (Fsp3) is 1.00. The van der Waals surface area contributed by atoms with Crippen LogP contribution in [0.25, 0.3) is 0 Å². The second-order valence-corrected chi connectivity index (χ2v) is 6.96. The van der Waals surface area contributed by atoms with E-state index in [9.17, 15) is 5.11 Å². The van der Waals surface area contributed by atoms with Crippen molar-refractivity contribution in [2.75, 3.05) is 39.3 Å². The van der Waals surface area contributed by atoms with Gasteiger partial charge in [-0.3, -0.25) is 0 Å². The quantitative estimate of drug-likeness (QED) is 0.597. The molecule has 1 N–H and O–H groups in total. The number of aliphatic hydroxyl groups is 1. The zero-order valence-corrected chi connectivity index (χ0v) is 14.7. The van der Waals surface area contributed by atoms with E-state index in [-0.39, 0.29) is 6.10 Å². The highest BCUT2D eigenvalue weighted by atomic mass is 16.3. The zero-order valence-electron chi connectivity index (χ0n) is 14.7. The molecule has 122 valence electrons. The Morgan fingerprint density at radius 1 is 0.700 bits per heavy atom. The molecule has 0 radical (unpaired) electrons. The summed E-state index contributed by atoms with van der Waals surface area (Å²) in [5.74, 6) is 1.31. The maximum Gasteiger partial charge on any atom is 0.0793 e. The van der Waals surface area contributed by atoms with Crippen molar-refractivity contribution < 1.29 is 5.11 Å². The Labute approximate surface area is 127 Å². The average Bonchev–Trinajstić information content (AvgIpc) is 2.27. The molecule has 1 atom stereocenters. The lowest BCUT2D eigenvalue weighted by Crippen LogP contribution is -2.43. The van der Waals surface area contributed by atoms with Crippen LogP contribution in [0.5, 0.6) is 0 Å². The normalized spacial score (nSPS) is 13.9. The predicted molar refractivity (Wildman–Crippen MR) is 89.1 cm³/mol. The maximum absolute atomic E-state index is 10.4. The summed E-state index contributed by atoms with van der Waals surface area (Å²) in [6.07, 6.45) is 2.09. The van der Waals surface area contributed by atoms with Crippen molar-refractivity contribution in [3.8, 4) is 0 Å². The van der Waals surface area contributed by atoms with Crippen molar-refractivity contribution in [2.24, 2.45) is 11.8 Å². The molecule has 20 heavy (non-hydrogen) atoms. The smallest absolute Gasteiger partial charge is 0.0793 e. The lowest BCUT2D eigenvalue weighted by molar-refractivity contribution is 0.0652. The van der Waals surface area contributed by atoms with Crippen molar-refractivity contribution in [1.82, 2.24) is 9.80 Å². The molecule has 0 amide bonds. The van der Waals surface area contributed by atoms with E-state index in [1.54, 1.807) is 0 Å². The summed E-state index contributed by atoms with van der Waals surface area (Å²) in [5.41, 5.74) is 0. The van der Waals surface area contributed by atoms with Crippen LogP contribution in [0, 0.1) is 11.8 Å². The molecular weight excluding hydrogens is 248 g/mol. The summed E-state index contributed by atoms with van der Waals surface area (Å²) >= 11 is 0. The van der Waals surface area contributed by atoms with Crippen molar-refractivity contribution >= 4 is 0 Å². The lowest BCUT2D eigenvalue weighted by Gasteiger charge is -2.31. The second-order valence-electron chi connectivity index (χ2n) is 6.96. The summed E-state index contributed by atoms with van der Waals surface area (Å²) in [7, 11) is 0. The minimum absolute atomic E-state index is 0.231. The molecule has 0 aliphatic heterocycles. The van der Waals surface area contributed by atoms with Crippen molar-refractivity contribution in [2.45, 2.75) is 60.5 Å². The van der Waals surface area contributed by atoms with Gasteiger partial charge in [0.15, 0.2) is 0 Å². The third-order valence-electron chi connectivity index (χ3n) is 3.26. The van der Waals surface area contributed by atoms with Crippen LogP contribution in [-0.2, 0) is 0 Å². The number of hydrogen-bond acceptors (Lipinski definition) is 3. The lowest BCUT2D eigenvalue weighted by atomic mass is 10.1. The minimum Gasteiger partial charge on any atom is -0.390 e. The van der Waals surface area contributed by atoms with E-state index < -0.39 is 0 Å². The van der Waals surface area contributed by atoms with E-state index in [2.05, 4.69) is 51.3 Å². The summed E-state index contributed by atoms with van der Waals surface area (Å²) in [6, 6.07) is 0. The number of nitrogens with zero attached hydrogens (tertiary/aromatic N) is 2. The van der Waals surface area contributed by atoms with Gasteiger partial charge in [0.05, 0.1) is 6.10 Å². The largest absolute Gasteiger partial charge is 0.390 e. The van der Waals surface area contributed by atoms with Crippen LogP contribution in [-0.4, -0.2) is 60.3 Å². The third-order valence-corrected chi connectivity index (χ3v) is 3.26. The monoisotopic (exact) mass is 286 g/mol. The van der Waals surface area contributed by atoms with Crippen molar-refractivity contribution in [1.29, 1.82) is 0 Å². The van der Waals surface area contributed by atoms with Gasteiger partial charge >= 0.3 is 0 Å². The fourth-order valence-electron chi connectivity index (χ4n) is 2.84. The number of aliphatic hydroxyl groups excluding tert-OH is 1. The van der Waals surface area contributed by atoms with E-state index in [1.807, 2.05) is 0 Å². The molecule has 0 saturated carbocycles. The Balaban J connectivity index is 4.29. The first kappa shape index (κ1) is 19.9. The van der Waals surface area contributed by atoms with Gasteiger partial charge < -0.3 is 14.9 Å². The Kier molecular flexibility index (Phi) is 11.5. The van der Waals surface area contributed by atoms with Gasteiger partial charge in [-0.15, -0.1) is 0 Å². The SMILES string of the molecule is CCCN(CCC)CC(O)CN(CC(C)C)CC(C)C. The highest BCUT2D eigenvalue weighted by Crippen LogP contribution is 2.06. The zero-order chi connectivity index (χ0) is 15.5. The van der Waals surface area contributed by atoms with Gasteiger partial charge in [-0.2, -0.15) is 0 Å². The van der Waals surface area contributed by atoms with Gasteiger partial charge in [-0.25, -0.2) is 0 Å². The standard InChI is InChI=1S/C17H38N2O/c1-7-9-18(10-8-2)13-17(20)14-19(11-15(3)4)12-16(5)6/h15-17,20H,7-14H2,1-6H3. The molecule has 0 saturated heterocycles. The summed E-state index contributed by atoms with van der Waals surface area (Å²) < 4.78 is 0. The molecule has 1 unspecified atom stereocenters. The molecule has 3 nitrogen and oxygen atoms in total. The third kappa shape index (κ3) is 10.6. The highest BCUT2D eigenvalue weighted by molar-refractivity contribution is 4.71. The van der Waals surface area contributed by atoms with Crippen LogP contribution in [0.15, 0.2) is 0 Å². The first-order chi connectivity index (χ1) is 9.38. The van der Waals surface area contributed by atoms with Gasteiger partial charge in [0, 0.05) is 26.2 Å². The van der Waals surface area contributed by atoms with E-state index in [1.165, 1.54) is 0 Å². The van der Waals surface area contributed by atoms with Crippen LogP contribution in [0.4, 0.5) is 0 Å². The topological polar surface area (TPSA) is 26.7 Å². The molecule has 0 aliphatic rings. The number of rotatable bonds is 12. The van der Waals surface area contributed by atoms with Crippen LogP contribution < -0.4 is 0 Å². The minimum atomic E-state index is -0.231. The maximum atomic E-state index is 10.4. The van der Waals surface area contributed by atoms with E-state index in [0.717, 1.165) is 52.1 Å². The summed E-state index contributed by atoms with van der Waals surface area (Å²) in [5, 5.41) is 10.4. The van der Waals surface area contributed by atoms with Gasteiger partial charge in [0.25, 0.3) is 0 Å². The van der Waals surface area contributed by atoms with E-state index in [4.69, 9.17) is 0 Å². The summed E-state index contributed by atoms with van der Waals surface area (Å²) in [4.78, 5) is 4.82. The molecule has 0 spiro atoms. The molecular formula is C17H38N2O. The molecule has 0 aromatic carbocycles. The fourth-order valence-corrected chi connectivity index (χ4v) is 2.84. The Morgan fingerprint density at radius 2 is 1.10 bits per heavy atom. The molecule has 0 rings (SSSR count). The Morgan fingerprint density at radius 3 is 1.45 bits per heavy atom.